The van der Waals surface area contributed by atoms with Crippen molar-refractivity contribution in [1.29, 1.82) is 0 Å². The highest BCUT2D eigenvalue weighted by molar-refractivity contribution is 5.45. The van der Waals surface area contributed by atoms with Crippen molar-refractivity contribution in [2.45, 2.75) is 18.9 Å². The van der Waals surface area contributed by atoms with E-state index in [-0.39, 0.29) is 5.75 Å². The zero-order valence-corrected chi connectivity index (χ0v) is 11.1. The third-order valence-corrected chi connectivity index (χ3v) is 3.41. The number of rotatable bonds is 4. The molecule has 2 rings (SSSR count). The monoisotopic (exact) mass is 258 g/mol. The second-order valence-corrected chi connectivity index (χ2v) is 4.46. The van der Waals surface area contributed by atoms with Crippen LogP contribution in [0, 0.1) is 0 Å². The van der Waals surface area contributed by atoms with Crippen molar-refractivity contribution in [1.82, 2.24) is 0 Å². The minimum absolute atomic E-state index is 0.183. The maximum atomic E-state index is 11.0. The number of aliphatic hydroxyl groups is 1. The molecular formula is C16H18O3. The Balaban J connectivity index is 2.56. The van der Waals surface area contributed by atoms with Gasteiger partial charge in [-0.1, -0.05) is 37.3 Å². The van der Waals surface area contributed by atoms with Crippen LogP contribution in [0.15, 0.2) is 48.5 Å². The van der Waals surface area contributed by atoms with Gasteiger partial charge >= 0.3 is 0 Å². The topological polar surface area (TPSA) is 49.7 Å². The molecule has 2 N–H and O–H groups in total. The first-order valence-electron chi connectivity index (χ1n) is 6.27. The first kappa shape index (κ1) is 13.4. The van der Waals surface area contributed by atoms with Gasteiger partial charge in [-0.2, -0.15) is 0 Å². The summed E-state index contributed by atoms with van der Waals surface area (Å²) in [5, 5.41) is 20.4. The molecule has 0 spiro atoms. The fourth-order valence-corrected chi connectivity index (χ4v) is 2.27. The molecule has 0 amide bonds. The number of phenolic OH excluding ortho intramolecular Hbond substituents is 1. The molecule has 3 heteroatoms. The standard InChI is InChI=1S/C16H18O3/c1-3-16(18,12-8-10-13(17)11-9-12)14-6-4-5-7-15(14)19-2/h4-11,17-18H,3H2,1-2H3. The van der Waals surface area contributed by atoms with Crippen molar-refractivity contribution in [3.05, 3.63) is 59.7 Å². The van der Waals surface area contributed by atoms with Gasteiger partial charge in [-0.3, -0.25) is 0 Å². The van der Waals surface area contributed by atoms with Gasteiger partial charge in [0, 0.05) is 5.56 Å². The second kappa shape index (κ2) is 5.33. The number of phenols is 1. The average Bonchev–Trinajstić information content (AvgIpc) is 2.47. The molecule has 1 atom stereocenters. The van der Waals surface area contributed by atoms with Crippen LogP contribution in [0.1, 0.15) is 24.5 Å². The molecule has 0 saturated carbocycles. The molecule has 0 aliphatic heterocycles. The molecule has 1 unspecified atom stereocenters. The first-order valence-corrected chi connectivity index (χ1v) is 6.27. The van der Waals surface area contributed by atoms with Crippen LogP contribution in [0.2, 0.25) is 0 Å². The lowest BCUT2D eigenvalue weighted by molar-refractivity contribution is 0.0736. The molecule has 19 heavy (non-hydrogen) atoms. The Kier molecular flexibility index (Phi) is 3.76. The van der Waals surface area contributed by atoms with Crippen molar-refractivity contribution in [2.75, 3.05) is 7.11 Å². The van der Waals surface area contributed by atoms with E-state index < -0.39 is 5.60 Å². The van der Waals surface area contributed by atoms with Crippen LogP contribution in [0.5, 0.6) is 11.5 Å². The van der Waals surface area contributed by atoms with E-state index in [1.807, 2.05) is 31.2 Å². The molecule has 0 aliphatic carbocycles. The van der Waals surface area contributed by atoms with Crippen LogP contribution >= 0.6 is 0 Å². The summed E-state index contributed by atoms with van der Waals surface area (Å²) in [5.74, 6) is 0.835. The number of benzene rings is 2. The number of aromatic hydroxyl groups is 1. The van der Waals surface area contributed by atoms with Gasteiger partial charge in [0.05, 0.1) is 7.11 Å². The van der Waals surface area contributed by atoms with Crippen LogP contribution in [-0.2, 0) is 5.60 Å². The molecular weight excluding hydrogens is 240 g/mol. The van der Waals surface area contributed by atoms with Gasteiger partial charge in [-0.25, -0.2) is 0 Å². The Morgan fingerprint density at radius 1 is 1.05 bits per heavy atom. The smallest absolute Gasteiger partial charge is 0.125 e. The van der Waals surface area contributed by atoms with Crippen LogP contribution in [0.25, 0.3) is 0 Å². The van der Waals surface area contributed by atoms with E-state index in [1.165, 1.54) is 0 Å². The van der Waals surface area contributed by atoms with Crippen LogP contribution in [0.3, 0.4) is 0 Å². The fraction of sp³-hybridized carbons (Fsp3) is 0.250. The fourth-order valence-electron chi connectivity index (χ4n) is 2.27. The van der Waals surface area contributed by atoms with Crippen LogP contribution in [0.4, 0.5) is 0 Å². The van der Waals surface area contributed by atoms with E-state index in [1.54, 1.807) is 31.4 Å². The molecule has 0 aromatic heterocycles. The largest absolute Gasteiger partial charge is 0.508 e. The SMILES string of the molecule is CCC(O)(c1ccc(O)cc1)c1ccccc1OC. The Labute approximate surface area is 113 Å². The summed E-state index contributed by atoms with van der Waals surface area (Å²) >= 11 is 0. The summed E-state index contributed by atoms with van der Waals surface area (Å²) in [5.41, 5.74) is 0.336. The number of hydrogen-bond acceptors (Lipinski definition) is 3. The first-order chi connectivity index (χ1) is 9.11. The number of hydrogen-bond donors (Lipinski definition) is 2. The molecule has 100 valence electrons. The van der Waals surface area contributed by atoms with Gasteiger partial charge in [0.1, 0.15) is 17.1 Å². The Morgan fingerprint density at radius 2 is 1.68 bits per heavy atom. The molecule has 0 aliphatic rings. The Hall–Kier alpha value is -2.00. The highest BCUT2D eigenvalue weighted by Gasteiger charge is 2.32. The van der Waals surface area contributed by atoms with Gasteiger partial charge in [-0.05, 0) is 30.2 Å². The lowest BCUT2D eigenvalue weighted by Gasteiger charge is -2.29. The molecule has 2 aromatic carbocycles. The molecule has 2 aromatic rings. The van der Waals surface area contributed by atoms with Crippen molar-refractivity contribution < 1.29 is 14.9 Å². The zero-order valence-electron chi connectivity index (χ0n) is 11.1. The predicted octanol–water partition coefficient (Wildman–Crippen LogP) is 3.05. The molecule has 0 bridgehead atoms. The minimum atomic E-state index is -1.12. The van der Waals surface area contributed by atoms with Gasteiger partial charge in [0.2, 0.25) is 0 Å². The van der Waals surface area contributed by atoms with Gasteiger partial charge in [0.25, 0.3) is 0 Å². The molecule has 0 fully saturated rings. The molecule has 0 saturated heterocycles. The Morgan fingerprint density at radius 3 is 2.26 bits per heavy atom. The number of para-hydroxylation sites is 1. The van der Waals surface area contributed by atoms with E-state index in [9.17, 15) is 10.2 Å². The molecule has 0 radical (unpaired) electrons. The van der Waals surface area contributed by atoms with E-state index >= 15 is 0 Å². The lowest BCUT2D eigenvalue weighted by Crippen LogP contribution is -2.26. The van der Waals surface area contributed by atoms with Crippen molar-refractivity contribution in [3.8, 4) is 11.5 Å². The van der Waals surface area contributed by atoms with Crippen LogP contribution in [-0.4, -0.2) is 17.3 Å². The Bertz CT molecular complexity index is 548. The van der Waals surface area contributed by atoms with Crippen molar-refractivity contribution in [2.24, 2.45) is 0 Å². The lowest BCUT2D eigenvalue weighted by atomic mass is 9.83. The zero-order chi connectivity index (χ0) is 13.9. The quantitative estimate of drug-likeness (QED) is 0.886. The summed E-state index contributed by atoms with van der Waals surface area (Å²) in [4.78, 5) is 0. The van der Waals surface area contributed by atoms with Crippen molar-refractivity contribution in [3.63, 3.8) is 0 Å². The van der Waals surface area contributed by atoms with E-state index in [4.69, 9.17) is 4.74 Å². The minimum Gasteiger partial charge on any atom is -0.508 e. The highest BCUT2D eigenvalue weighted by Crippen LogP contribution is 2.38. The summed E-state index contributed by atoms with van der Waals surface area (Å²) in [7, 11) is 1.59. The van der Waals surface area contributed by atoms with E-state index in [0.717, 1.165) is 11.1 Å². The average molecular weight is 258 g/mol. The maximum Gasteiger partial charge on any atom is 0.125 e. The third-order valence-electron chi connectivity index (χ3n) is 3.41. The summed E-state index contributed by atoms with van der Waals surface area (Å²) in [6.45, 7) is 1.92. The van der Waals surface area contributed by atoms with Crippen molar-refractivity contribution >= 4 is 0 Å². The van der Waals surface area contributed by atoms with Gasteiger partial charge < -0.3 is 14.9 Å². The number of ether oxygens (including phenoxy) is 1. The highest BCUT2D eigenvalue weighted by atomic mass is 16.5. The normalized spacial score (nSPS) is 13.8. The number of methoxy groups -OCH3 is 1. The van der Waals surface area contributed by atoms with Gasteiger partial charge in [0.15, 0.2) is 0 Å². The molecule has 0 heterocycles. The second-order valence-electron chi connectivity index (χ2n) is 4.46. The van der Waals surface area contributed by atoms with E-state index in [0.29, 0.717) is 12.2 Å². The summed E-state index contributed by atoms with van der Waals surface area (Å²) in [6.07, 6.45) is 0.512. The third kappa shape index (κ3) is 2.42. The molecule has 3 nitrogen and oxygen atoms in total. The van der Waals surface area contributed by atoms with Crippen LogP contribution < -0.4 is 4.74 Å². The maximum absolute atomic E-state index is 11.0. The summed E-state index contributed by atoms with van der Waals surface area (Å²) in [6, 6.07) is 14.0. The predicted molar refractivity (Wildman–Crippen MR) is 74.4 cm³/mol. The van der Waals surface area contributed by atoms with Gasteiger partial charge in [-0.15, -0.1) is 0 Å². The summed E-state index contributed by atoms with van der Waals surface area (Å²) < 4.78 is 5.33. The van der Waals surface area contributed by atoms with E-state index in [2.05, 4.69) is 0 Å².